The van der Waals surface area contributed by atoms with Crippen molar-refractivity contribution in [1.29, 1.82) is 5.26 Å². The normalized spacial score (nSPS) is 15.3. The summed E-state index contributed by atoms with van der Waals surface area (Å²) >= 11 is 7.67. The van der Waals surface area contributed by atoms with Crippen LogP contribution >= 0.6 is 23.4 Å². The fourth-order valence-corrected chi connectivity index (χ4v) is 4.75. The molecular formula is C25H24ClN3O4S. The van der Waals surface area contributed by atoms with E-state index < -0.39 is 17.8 Å². The average Bonchev–Trinajstić information content (AvgIpc) is 2.83. The first kappa shape index (κ1) is 25.2. The highest BCUT2D eigenvalue weighted by Crippen LogP contribution is 2.43. The van der Waals surface area contributed by atoms with Gasteiger partial charge in [0.25, 0.3) is 5.91 Å². The Morgan fingerprint density at radius 1 is 1.21 bits per heavy atom. The van der Waals surface area contributed by atoms with Gasteiger partial charge in [0, 0.05) is 16.3 Å². The maximum absolute atomic E-state index is 13.5. The highest BCUT2D eigenvalue weighted by molar-refractivity contribution is 8.03. The van der Waals surface area contributed by atoms with Gasteiger partial charge in [-0.05, 0) is 37.6 Å². The largest absolute Gasteiger partial charge is 0.495 e. The van der Waals surface area contributed by atoms with Gasteiger partial charge in [-0.15, -0.1) is 0 Å². The Labute approximate surface area is 207 Å². The first-order valence-electron chi connectivity index (χ1n) is 10.5. The molecule has 1 aliphatic rings. The maximum Gasteiger partial charge on any atom is 0.316 e. The van der Waals surface area contributed by atoms with Gasteiger partial charge in [-0.3, -0.25) is 9.59 Å². The van der Waals surface area contributed by atoms with E-state index in [1.165, 1.54) is 7.11 Å². The van der Waals surface area contributed by atoms with Crippen LogP contribution in [0.5, 0.6) is 5.75 Å². The summed E-state index contributed by atoms with van der Waals surface area (Å²) in [5.74, 6) is -1.00. The van der Waals surface area contributed by atoms with Crippen molar-refractivity contribution in [3.8, 4) is 11.8 Å². The van der Waals surface area contributed by atoms with Crippen molar-refractivity contribution < 1.29 is 19.1 Å². The lowest BCUT2D eigenvalue weighted by Crippen LogP contribution is -2.31. The van der Waals surface area contributed by atoms with Crippen LogP contribution in [0.2, 0.25) is 5.02 Å². The predicted octanol–water partition coefficient (Wildman–Crippen LogP) is 4.98. The lowest BCUT2D eigenvalue weighted by molar-refractivity contribution is -0.139. The molecule has 0 radical (unpaired) electrons. The molecule has 34 heavy (non-hydrogen) atoms. The van der Waals surface area contributed by atoms with Gasteiger partial charge in [0.15, 0.2) is 0 Å². The Bertz CT molecular complexity index is 1200. The van der Waals surface area contributed by atoms with Crippen LogP contribution in [0.15, 0.2) is 70.4 Å². The van der Waals surface area contributed by atoms with Crippen molar-refractivity contribution >= 4 is 40.9 Å². The summed E-state index contributed by atoms with van der Waals surface area (Å²) in [7, 11) is 1.52. The number of methoxy groups -OCH3 is 1. The Kier molecular flexibility index (Phi) is 8.63. The van der Waals surface area contributed by atoms with Crippen LogP contribution in [0.3, 0.4) is 0 Å². The molecule has 0 spiro atoms. The van der Waals surface area contributed by atoms with Gasteiger partial charge >= 0.3 is 5.97 Å². The van der Waals surface area contributed by atoms with Crippen LogP contribution in [-0.2, 0) is 14.3 Å². The lowest BCUT2D eigenvalue weighted by atomic mass is 9.82. The number of thioether (sulfide) groups is 1. The molecule has 7 nitrogen and oxygen atoms in total. The molecule has 0 aliphatic carbocycles. The van der Waals surface area contributed by atoms with Crippen LogP contribution in [-0.4, -0.2) is 31.3 Å². The van der Waals surface area contributed by atoms with Crippen LogP contribution in [0, 0.1) is 11.3 Å². The summed E-state index contributed by atoms with van der Waals surface area (Å²) in [5.41, 5.74) is 2.29. The molecule has 1 aliphatic heterocycles. The highest BCUT2D eigenvalue weighted by atomic mass is 35.5. The van der Waals surface area contributed by atoms with E-state index >= 15 is 0 Å². The van der Waals surface area contributed by atoms with Crippen molar-refractivity contribution in [1.82, 2.24) is 5.32 Å². The number of hydrogen-bond donors (Lipinski definition) is 2. The Balaban J connectivity index is 2.05. The topological polar surface area (TPSA) is 100 Å². The smallest absolute Gasteiger partial charge is 0.316 e. The number of allylic oxidation sites excluding steroid dienone is 2. The van der Waals surface area contributed by atoms with E-state index in [0.29, 0.717) is 38.3 Å². The van der Waals surface area contributed by atoms with Gasteiger partial charge in [-0.25, -0.2) is 0 Å². The first-order chi connectivity index (χ1) is 16.4. The molecule has 2 N–H and O–H groups in total. The number of amides is 1. The summed E-state index contributed by atoms with van der Waals surface area (Å²) in [6.45, 7) is 3.75. The molecule has 0 saturated carbocycles. The number of carbonyl (C=O) groups is 2. The number of halogens is 1. The number of para-hydroxylation sites is 2. The van der Waals surface area contributed by atoms with Crippen LogP contribution in [0.25, 0.3) is 0 Å². The number of hydrogen-bond acceptors (Lipinski definition) is 7. The van der Waals surface area contributed by atoms with E-state index in [4.69, 9.17) is 21.1 Å². The molecular weight excluding hydrogens is 474 g/mol. The van der Waals surface area contributed by atoms with Gasteiger partial charge in [0.05, 0.1) is 47.7 Å². The van der Waals surface area contributed by atoms with Crippen LogP contribution in [0.4, 0.5) is 5.69 Å². The molecule has 0 fully saturated rings. The van der Waals surface area contributed by atoms with E-state index in [0.717, 1.165) is 11.8 Å². The monoisotopic (exact) mass is 497 g/mol. The predicted molar refractivity (Wildman–Crippen MR) is 133 cm³/mol. The first-order valence-corrected chi connectivity index (χ1v) is 11.9. The zero-order chi connectivity index (χ0) is 24.7. The zero-order valence-corrected chi connectivity index (χ0v) is 20.5. The molecule has 1 heterocycles. The Morgan fingerprint density at radius 3 is 2.59 bits per heavy atom. The number of ether oxygens (including phenoxy) is 2. The van der Waals surface area contributed by atoms with E-state index in [1.54, 1.807) is 62.4 Å². The minimum absolute atomic E-state index is 0.0205. The lowest BCUT2D eigenvalue weighted by Gasteiger charge is -2.30. The van der Waals surface area contributed by atoms with Gasteiger partial charge in [0.1, 0.15) is 5.75 Å². The number of carbonyl (C=O) groups excluding carboxylic acids is 2. The number of rotatable bonds is 8. The molecule has 9 heteroatoms. The molecule has 0 aromatic heterocycles. The number of benzene rings is 2. The van der Waals surface area contributed by atoms with Crippen LogP contribution < -0.4 is 15.4 Å². The van der Waals surface area contributed by atoms with Gasteiger partial charge in [-0.1, -0.05) is 53.7 Å². The number of nitrogens with one attached hydrogen (secondary N) is 2. The van der Waals surface area contributed by atoms with Gasteiger partial charge in [-0.2, -0.15) is 5.26 Å². The van der Waals surface area contributed by atoms with Crippen molar-refractivity contribution in [2.75, 3.05) is 24.8 Å². The second-order valence-corrected chi connectivity index (χ2v) is 8.61. The van der Waals surface area contributed by atoms with E-state index in [-0.39, 0.29) is 17.9 Å². The Morgan fingerprint density at radius 2 is 1.91 bits per heavy atom. The summed E-state index contributed by atoms with van der Waals surface area (Å²) in [5, 5.41) is 17.0. The van der Waals surface area contributed by atoms with Gasteiger partial charge < -0.3 is 20.1 Å². The molecule has 1 amide bonds. The van der Waals surface area contributed by atoms with Gasteiger partial charge in [0.2, 0.25) is 0 Å². The SMILES string of the molecule is CCOC(=O)CSC1=C(C#N)[C@@H](c2ccccc2Cl)C(C(=O)Nc2ccccc2OC)=C(C)N1. The highest BCUT2D eigenvalue weighted by Gasteiger charge is 2.36. The summed E-state index contributed by atoms with van der Waals surface area (Å²) in [4.78, 5) is 25.5. The summed E-state index contributed by atoms with van der Waals surface area (Å²) in [6.07, 6.45) is 0. The molecule has 1 atom stereocenters. The molecule has 0 bridgehead atoms. The minimum Gasteiger partial charge on any atom is -0.495 e. The molecule has 176 valence electrons. The number of nitriles is 1. The third kappa shape index (κ3) is 5.56. The third-order valence-corrected chi connectivity index (χ3v) is 6.44. The van der Waals surface area contributed by atoms with E-state index in [1.807, 2.05) is 0 Å². The molecule has 0 saturated heterocycles. The standard InChI is InChI=1S/C25H24ClN3O4S/c1-4-33-21(30)14-34-25-17(13-27)23(16-9-5-6-10-18(16)26)22(15(2)28-25)24(31)29-19-11-7-8-12-20(19)32-3/h5-12,23,28H,4,14H2,1-3H3,(H,29,31)/t23-/m1/s1. The quantitative estimate of drug-likeness (QED) is 0.496. The fraction of sp³-hybridized carbons (Fsp3) is 0.240. The van der Waals surface area contributed by atoms with E-state index in [2.05, 4.69) is 16.7 Å². The summed E-state index contributed by atoms with van der Waals surface area (Å²) in [6, 6.07) is 16.4. The van der Waals surface area contributed by atoms with E-state index in [9.17, 15) is 14.9 Å². The molecule has 3 rings (SSSR count). The van der Waals surface area contributed by atoms with Crippen molar-refractivity contribution in [3.63, 3.8) is 0 Å². The summed E-state index contributed by atoms with van der Waals surface area (Å²) < 4.78 is 10.4. The number of anilines is 1. The van der Waals surface area contributed by atoms with Crippen molar-refractivity contribution in [2.45, 2.75) is 19.8 Å². The number of esters is 1. The zero-order valence-electron chi connectivity index (χ0n) is 19.0. The fourth-order valence-electron chi connectivity index (χ4n) is 3.62. The maximum atomic E-state index is 13.5. The molecule has 0 unspecified atom stereocenters. The Hall–Kier alpha value is -3.41. The number of nitrogens with zero attached hydrogens (tertiary/aromatic N) is 1. The number of dihydropyridines is 1. The minimum atomic E-state index is -0.737. The third-order valence-electron chi connectivity index (χ3n) is 5.10. The molecule has 2 aromatic carbocycles. The van der Waals surface area contributed by atoms with Crippen molar-refractivity contribution in [3.05, 3.63) is 81.0 Å². The second-order valence-electron chi connectivity index (χ2n) is 7.22. The molecule has 2 aromatic rings. The average molecular weight is 498 g/mol. The second kappa shape index (κ2) is 11.6. The van der Waals surface area contributed by atoms with Crippen LogP contribution in [0.1, 0.15) is 25.3 Å². The van der Waals surface area contributed by atoms with Crippen molar-refractivity contribution in [2.24, 2.45) is 0 Å².